The summed E-state index contributed by atoms with van der Waals surface area (Å²) in [7, 11) is 0. The van der Waals surface area contributed by atoms with Gasteiger partial charge in [-0.3, -0.25) is 4.79 Å². The molecule has 0 unspecified atom stereocenters. The van der Waals surface area contributed by atoms with Gasteiger partial charge in [-0.1, -0.05) is 58.3 Å². The van der Waals surface area contributed by atoms with Crippen molar-refractivity contribution in [1.82, 2.24) is 0 Å². The zero-order valence-electron chi connectivity index (χ0n) is 12.8. The van der Waals surface area contributed by atoms with Gasteiger partial charge in [0, 0.05) is 19.3 Å². The molecule has 0 rings (SSSR count). The topological polar surface area (TPSA) is 17.1 Å². The molecule has 0 aliphatic heterocycles. The maximum atomic E-state index is 9.98. The normalized spacial score (nSPS) is 9.95. The molecule has 0 bridgehead atoms. The fourth-order valence-corrected chi connectivity index (χ4v) is 2.11. The highest BCUT2D eigenvalue weighted by Crippen LogP contribution is 2.10. The molecule has 0 aromatic heterocycles. The lowest BCUT2D eigenvalue weighted by molar-refractivity contribution is 0.547. The summed E-state index contributed by atoms with van der Waals surface area (Å²) in [4.78, 5) is 9.98. The van der Waals surface area contributed by atoms with Crippen LogP contribution in [0.4, 0.5) is 0 Å². The first-order valence-corrected chi connectivity index (χ1v) is 8.22. The second-order valence-corrected chi connectivity index (χ2v) is 5.28. The van der Waals surface area contributed by atoms with Crippen LogP contribution in [0.1, 0.15) is 96.8 Å². The lowest BCUT2D eigenvalue weighted by Crippen LogP contribution is -1.81. The van der Waals surface area contributed by atoms with Gasteiger partial charge in [-0.05, 0) is 19.3 Å². The number of carbonyl (C=O) groups excluding carboxylic acids is 1. The van der Waals surface area contributed by atoms with Gasteiger partial charge >= 0.3 is 0 Å². The molecule has 0 aliphatic rings. The highest BCUT2D eigenvalue weighted by Gasteiger charge is 1.91. The third kappa shape index (κ3) is 17.2. The van der Waals surface area contributed by atoms with Crippen LogP contribution in [0.3, 0.4) is 0 Å². The van der Waals surface area contributed by atoms with E-state index in [9.17, 15) is 4.79 Å². The first-order chi connectivity index (χ1) is 9.41. The van der Waals surface area contributed by atoms with E-state index < -0.39 is 0 Å². The maximum Gasteiger partial charge on any atom is 0.198 e. The molecular weight excluding hydrogens is 232 g/mol. The summed E-state index contributed by atoms with van der Waals surface area (Å²) in [6, 6.07) is 0. The van der Waals surface area contributed by atoms with Crippen molar-refractivity contribution in [1.29, 1.82) is 0 Å². The lowest BCUT2D eigenvalue weighted by atomic mass is 10.1. The molecular formula is C18H31O. The third-order valence-electron chi connectivity index (χ3n) is 3.36. The summed E-state index contributed by atoms with van der Waals surface area (Å²) >= 11 is 0. The Hall–Kier alpha value is -0.770. The summed E-state index contributed by atoms with van der Waals surface area (Å²) in [5.41, 5.74) is 0. The number of hydrogen-bond donors (Lipinski definition) is 0. The molecule has 19 heavy (non-hydrogen) atoms. The predicted octanol–water partition coefficient (Wildman–Crippen LogP) is 5.58. The molecule has 0 amide bonds. The van der Waals surface area contributed by atoms with E-state index in [2.05, 4.69) is 18.8 Å². The van der Waals surface area contributed by atoms with E-state index >= 15 is 0 Å². The Labute approximate surface area is 120 Å². The van der Waals surface area contributed by atoms with E-state index in [-0.39, 0.29) is 0 Å². The number of rotatable bonds is 13. The SMILES string of the molecule is CCCCCCCCCCCC#CCCCC[C]=O. The fraction of sp³-hybridized carbons (Fsp3) is 0.833. The number of hydrogen-bond acceptors (Lipinski definition) is 1. The molecule has 0 N–H and O–H groups in total. The zero-order valence-corrected chi connectivity index (χ0v) is 12.8. The molecule has 0 aromatic rings. The summed E-state index contributed by atoms with van der Waals surface area (Å²) in [6.45, 7) is 2.27. The smallest absolute Gasteiger partial charge is 0.198 e. The van der Waals surface area contributed by atoms with Gasteiger partial charge in [0.2, 0.25) is 0 Å². The fourth-order valence-electron chi connectivity index (χ4n) is 2.11. The molecule has 0 aromatic carbocycles. The maximum absolute atomic E-state index is 9.98. The Kier molecular flexibility index (Phi) is 16.5. The molecule has 0 spiro atoms. The van der Waals surface area contributed by atoms with Gasteiger partial charge in [0.25, 0.3) is 0 Å². The highest BCUT2D eigenvalue weighted by molar-refractivity contribution is 5.50. The van der Waals surface area contributed by atoms with Crippen LogP contribution < -0.4 is 0 Å². The van der Waals surface area contributed by atoms with Crippen molar-refractivity contribution in [3.8, 4) is 11.8 Å². The molecule has 109 valence electrons. The van der Waals surface area contributed by atoms with E-state index in [0.29, 0.717) is 6.42 Å². The van der Waals surface area contributed by atoms with Gasteiger partial charge in [0.05, 0.1) is 0 Å². The highest BCUT2D eigenvalue weighted by atomic mass is 16.1. The molecule has 0 heterocycles. The minimum Gasteiger partial charge on any atom is -0.291 e. The van der Waals surface area contributed by atoms with Crippen molar-refractivity contribution in [3.05, 3.63) is 0 Å². The predicted molar refractivity (Wildman–Crippen MR) is 83.8 cm³/mol. The molecule has 1 heteroatoms. The van der Waals surface area contributed by atoms with Gasteiger partial charge < -0.3 is 0 Å². The third-order valence-corrected chi connectivity index (χ3v) is 3.36. The quantitative estimate of drug-likeness (QED) is 0.313. The van der Waals surface area contributed by atoms with Crippen molar-refractivity contribution in [2.45, 2.75) is 96.8 Å². The average molecular weight is 263 g/mol. The molecule has 1 radical (unpaired) electrons. The molecule has 0 saturated heterocycles. The van der Waals surface area contributed by atoms with Crippen molar-refractivity contribution in [2.24, 2.45) is 0 Å². The summed E-state index contributed by atoms with van der Waals surface area (Å²) < 4.78 is 0. The van der Waals surface area contributed by atoms with Gasteiger partial charge in [0.1, 0.15) is 0 Å². The Balaban J connectivity index is 3.05. The zero-order chi connectivity index (χ0) is 14.0. The largest absolute Gasteiger partial charge is 0.291 e. The van der Waals surface area contributed by atoms with Crippen LogP contribution in [0.25, 0.3) is 0 Å². The van der Waals surface area contributed by atoms with Crippen LogP contribution in [-0.2, 0) is 4.79 Å². The van der Waals surface area contributed by atoms with E-state index in [1.54, 1.807) is 0 Å². The molecule has 0 saturated carbocycles. The molecule has 1 nitrogen and oxygen atoms in total. The Morgan fingerprint density at radius 3 is 1.53 bits per heavy atom. The molecule has 0 aliphatic carbocycles. The van der Waals surface area contributed by atoms with E-state index in [1.807, 2.05) is 6.29 Å². The van der Waals surface area contributed by atoms with Crippen molar-refractivity contribution >= 4 is 6.29 Å². The molecule has 0 fully saturated rings. The van der Waals surface area contributed by atoms with Crippen LogP contribution in [0.15, 0.2) is 0 Å². The minimum absolute atomic E-state index is 0.569. The van der Waals surface area contributed by atoms with E-state index in [1.165, 1.54) is 57.8 Å². The average Bonchev–Trinajstić information content (AvgIpc) is 2.43. The number of unbranched alkanes of at least 4 members (excludes halogenated alkanes) is 12. The van der Waals surface area contributed by atoms with Crippen LogP contribution in [0, 0.1) is 11.8 Å². The van der Waals surface area contributed by atoms with Gasteiger partial charge in [-0.25, -0.2) is 0 Å². The van der Waals surface area contributed by atoms with Crippen LogP contribution in [0.5, 0.6) is 0 Å². The lowest BCUT2D eigenvalue weighted by Gasteiger charge is -2.00. The minimum atomic E-state index is 0.569. The Morgan fingerprint density at radius 2 is 1.00 bits per heavy atom. The van der Waals surface area contributed by atoms with Gasteiger partial charge in [-0.15, -0.1) is 11.8 Å². The van der Waals surface area contributed by atoms with E-state index in [4.69, 9.17) is 0 Å². The Bertz CT molecular complexity index is 234. The van der Waals surface area contributed by atoms with Crippen molar-refractivity contribution in [2.75, 3.05) is 0 Å². The monoisotopic (exact) mass is 263 g/mol. The first kappa shape index (κ1) is 18.2. The summed E-state index contributed by atoms with van der Waals surface area (Å²) in [5.74, 6) is 6.42. The van der Waals surface area contributed by atoms with Gasteiger partial charge in [-0.2, -0.15) is 0 Å². The second kappa shape index (κ2) is 17.2. The van der Waals surface area contributed by atoms with Crippen molar-refractivity contribution < 1.29 is 4.79 Å². The van der Waals surface area contributed by atoms with Crippen LogP contribution in [0.2, 0.25) is 0 Å². The second-order valence-electron chi connectivity index (χ2n) is 5.28. The van der Waals surface area contributed by atoms with E-state index in [0.717, 1.165) is 25.7 Å². The summed E-state index contributed by atoms with van der Waals surface area (Å²) in [6.07, 6.45) is 18.8. The van der Waals surface area contributed by atoms with Gasteiger partial charge in [0.15, 0.2) is 6.29 Å². The first-order valence-electron chi connectivity index (χ1n) is 8.22. The van der Waals surface area contributed by atoms with Crippen LogP contribution in [-0.4, -0.2) is 6.29 Å². The Morgan fingerprint density at radius 1 is 0.579 bits per heavy atom. The standard InChI is InChI=1S/C18H31O/c1-2-3-4-5-6-7-8-9-10-11-12-13-14-15-16-17-18-19/h2-11,14-17H2,1H3. The summed E-state index contributed by atoms with van der Waals surface area (Å²) in [5, 5.41) is 0. The van der Waals surface area contributed by atoms with Crippen molar-refractivity contribution in [3.63, 3.8) is 0 Å². The molecule has 0 atom stereocenters. The van der Waals surface area contributed by atoms with Crippen LogP contribution >= 0.6 is 0 Å².